The van der Waals surface area contributed by atoms with E-state index in [4.69, 9.17) is 5.11 Å². The zero-order valence-corrected chi connectivity index (χ0v) is 15.3. The van der Waals surface area contributed by atoms with Crippen LogP contribution in [0.1, 0.15) is 21.5 Å². The molecule has 0 saturated carbocycles. The second-order valence-electron chi connectivity index (χ2n) is 6.26. The van der Waals surface area contributed by atoms with E-state index in [2.05, 4.69) is 32.2 Å². The molecule has 0 atom stereocenters. The molecule has 0 bridgehead atoms. The quantitative estimate of drug-likeness (QED) is 0.530. The fourth-order valence-electron chi connectivity index (χ4n) is 2.69. The van der Waals surface area contributed by atoms with Gasteiger partial charge in [0.05, 0.1) is 25.0 Å². The maximum atomic E-state index is 10.9. The molecule has 0 aliphatic rings. The van der Waals surface area contributed by atoms with Crippen LogP contribution in [0.3, 0.4) is 0 Å². The number of aromatic nitrogens is 6. The van der Waals surface area contributed by atoms with E-state index < -0.39 is 5.97 Å². The van der Waals surface area contributed by atoms with Crippen LogP contribution in [-0.4, -0.2) is 40.8 Å². The molecule has 4 aromatic rings. The second-order valence-corrected chi connectivity index (χ2v) is 6.26. The van der Waals surface area contributed by atoms with Crippen molar-refractivity contribution in [3.63, 3.8) is 0 Å². The fourth-order valence-corrected chi connectivity index (χ4v) is 2.69. The van der Waals surface area contributed by atoms with Crippen LogP contribution in [0.5, 0.6) is 0 Å². The Morgan fingerprint density at radius 2 is 2.00 bits per heavy atom. The number of aromatic carboxylic acids is 1. The van der Waals surface area contributed by atoms with Crippen molar-refractivity contribution in [3.05, 3.63) is 83.9 Å². The summed E-state index contributed by atoms with van der Waals surface area (Å²) < 4.78 is 1.90. The van der Waals surface area contributed by atoms with E-state index in [1.54, 1.807) is 36.8 Å². The third-order valence-corrected chi connectivity index (χ3v) is 4.15. The predicted octanol–water partition coefficient (Wildman–Crippen LogP) is 2.33. The van der Waals surface area contributed by atoms with Crippen molar-refractivity contribution < 1.29 is 9.90 Å². The Morgan fingerprint density at radius 3 is 2.76 bits per heavy atom. The van der Waals surface area contributed by atoms with Gasteiger partial charge in [0, 0.05) is 23.5 Å². The van der Waals surface area contributed by atoms with E-state index in [1.165, 1.54) is 4.80 Å². The van der Waals surface area contributed by atoms with E-state index in [0.29, 0.717) is 18.9 Å². The number of carboxylic acid groups (broad SMARTS) is 1. The van der Waals surface area contributed by atoms with Crippen LogP contribution >= 0.6 is 0 Å². The summed E-state index contributed by atoms with van der Waals surface area (Å²) in [6.45, 7) is 0.969. The minimum Gasteiger partial charge on any atom is -0.478 e. The average Bonchev–Trinajstić information content (AvgIpc) is 3.41. The molecule has 1 N–H and O–H groups in total. The maximum absolute atomic E-state index is 10.9. The zero-order valence-electron chi connectivity index (χ0n) is 15.3. The van der Waals surface area contributed by atoms with Gasteiger partial charge >= 0.3 is 5.97 Å². The molecule has 0 aliphatic heterocycles. The molecule has 2 aromatic carbocycles. The number of carbonyl (C=O) groups is 1. The first-order valence-electron chi connectivity index (χ1n) is 8.82. The van der Waals surface area contributed by atoms with E-state index in [9.17, 15) is 4.79 Å². The van der Waals surface area contributed by atoms with Gasteiger partial charge in [-0.05, 0) is 35.0 Å². The highest BCUT2D eigenvalue weighted by molar-refractivity contribution is 5.87. The number of hydrogen-bond donors (Lipinski definition) is 1. The zero-order chi connectivity index (χ0) is 20.1. The predicted molar refractivity (Wildman–Crippen MR) is 105 cm³/mol. The third-order valence-electron chi connectivity index (χ3n) is 4.15. The minimum absolute atomic E-state index is 0.243. The van der Waals surface area contributed by atoms with Crippen LogP contribution in [0.15, 0.2) is 67.3 Å². The lowest BCUT2D eigenvalue weighted by molar-refractivity contribution is 0.0697. The second kappa shape index (κ2) is 8.19. The summed E-state index contributed by atoms with van der Waals surface area (Å²) in [5.41, 5.74) is 2.82. The number of hydrogen-bond acceptors (Lipinski definition) is 5. The molecule has 0 fully saturated rings. The summed E-state index contributed by atoms with van der Waals surface area (Å²) >= 11 is 0. The van der Waals surface area contributed by atoms with Crippen molar-refractivity contribution in [1.82, 2.24) is 29.8 Å². The first-order chi connectivity index (χ1) is 14.2. The summed E-state index contributed by atoms with van der Waals surface area (Å²) in [7, 11) is 0. The molecule has 8 nitrogen and oxygen atoms in total. The van der Waals surface area contributed by atoms with E-state index in [-0.39, 0.29) is 5.56 Å². The Kier molecular flexibility index (Phi) is 5.12. The Balaban J connectivity index is 1.46. The van der Waals surface area contributed by atoms with Crippen LogP contribution in [0.25, 0.3) is 11.4 Å². The molecule has 2 aromatic heterocycles. The fraction of sp³-hybridized carbons (Fsp3) is 0.0952. The molecular weight excluding hydrogens is 368 g/mol. The van der Waals surface area contributed by atoms with Crippen molar-refractivity contribution in [2.24, 2.45) is 0 Å². The van der Waals surface area contributed by atoms with Crippen LogP contribution in [0.2, 0.25) is 0 Å². The maximum Gasteiger partial charge on any atom is 0.335 e. The Hall–Kier alpha value is -4.25. The van der Waals surface area contributed by atoms with Crippen molar-refractivity contribution >= 4 is 5.97 Å². The van der Waals surface area contributed by atoms with Crippen LogP contribution in [-0.2, 0) is 13.1 Å². The van der Waals surface area contributed by atoms with Crippen molar-refractivity contribution in [2.75, 3.05) is 0 Å². The van der Waals surface area contributed by atoms with E-state index >= 15 is 0 Å². The summed E-state index contributed by atoms with van der Waals surface area (Å²) in [5, 5.41) is 21.6. The summed E-state index contributed by atoms with van der Waals surface area (Å²) in [4.78, 5) is 16.4. The van der Waals surface area contributed by atoms with Gasteiger partial charge in [0.25, 0.3) is 0 Å². The van der Waals surface area contributed by atoms with Gasteiger partial charge in [0.1, 0.15) is 0 Å². The molecule has 142 valence electrons. The standard InChI is InChI=1S/C21H16N6O2/c28-21(29)18-8-6-17(7-9-18)14-27-24-20(23-25-27)19-5-1-3-16(13-19)4-2-11-26-12-10-22-15-26/h1,3,5-10,12-13,15H,11,14H2,(H,28,29). The molecule has 8 heteroatoms. The number of tetrazole rings is 1. The molecule has 4 rings (SSSR count). The first-order valence-corrected chi connectivity index (χ1v) is 8.82. The van der Waals surface area contributed by atoms with Gasteiger partial charge in [-0.25, -0.2) is 9.78 Å². The van der Waals surface area contributed by atoms with Crippen LogP contribution in [0, 0.1) is 11.8 Å². The van der Waals surface area contributed by atoms with Crippen molar-refractivity contribution in [2.45, 2.75) is 13.1 Å². The molecule has 0 spiro atoms. The summed E-state index contributed by atoms with van der Waals surface area (Å²) in [5.74, 6) is 5.78. The molecular formula is C21H16N6O2. The van der Waals surface area contributed by atoms with Gasteiger partial charge in [-0.3, -0.25) is 0 Å². The molecule has 0 amide bonds. The third kappa shape index (κ3) is 4.54. The lowest BCUT2D eigenvalue weighted by Gasteiger charge is -2.00. The highest BCUT2D eigenvalue weighted by atomic mass is 16.4. The Morgan fingerprint density at radius 1 is 1.14 bits per heavy atom. The lowest BCUT2D eigenvalue weighted by Crippen LogP contribution is -2.04. The summed E-state index contributed by atoms with van der Waals surface area (Å²) in [6.07, 6.45) is 5.31. The minimum atomic E-state index is -0.953. The lowest BCUT2D eigenvalue weighted by atomic mass is 10.1. The van der Waals surface area contributed by atoms with Gasteiger partial charge in [-0.1, -0.05) is 36.1 Å². The molecule has 0 radical (unpaired) electrons. The largest absolute Gasteiger partial charge is 0.478 e. The monoisotopic (exact) mass is 384 g/mol. The number of nitrogens with zero attached hydrogens (tertiary/aromatic N) is 6. The van der Waals surface area contributed by atoms with E-state index in [0.717, 1.165) is 16.7 Å². The van der Waals surface area contributed by atoms with Crippen molar-refractivity contribution in [3.8, 4) is 23.2 Å². The van der Waals surface area contributed by atoms with Gasteiger partial charge in [0.2, 0.25) is 5.82 Å². The van der Waals surface area contributed by atoms with E-state index in [1.807, 2.05) is 35.0 Å². The topological polar surface area (TPSA) is 98.7 Å². The van der Waals surface area contributed by atoms with Crippen LogP contribution in [0.4, 0.5) is 0 Å². The highest BCUT2D eigenvalue weighted by Gasteiger charge is 2.08. The number of imidazole rings is 1. The molecule has 2 heterocycles. The molecule has 0 saturated heterocycles. The normalized spacial score (nSPS) is 10.3. The SMILES string of the molecule is O=C(O)c1ccc(Cn2nnc(-c3cccc(C#CCn4ccnc4)c3)n2)cc1. The number of benzene rings is 2. The summed E-state index contributed by atoms with van der Waals surface area (Å²) in [6, 6.07) is 14.3. The molecule has 29 heavy (non-hydrogen) atoms. The first kappa shape index (κ1) is 18.1. The molecule has 0 unspecified atom stereocenters. The smallest absolute Gasteiger partial charge is 0.335 e. The molecule has 0 aliphatic carbocycles. The number of rotatable bonds is 5. The van der Waals surface area contributed by atoms with Crippen LogP contribution < -0.4 is 0 Å². The van der Waals surface area contributed by atoms with Crippen molar-refractivity contribution in [1.29, 1.82) is 0 Å². The Labute approximate surface area is 166 Å². The number of carboxylic acids is 1. The van der Waals surface area contributed by atoms with Gasteiger partial charge in [0.15, 0.2) is 0 Å². The average molecular weight is 384 g/mol. The van der Waals surface area contributed by atoms with Gasteiger partial charge in [-0.2, -0.15) is 4.80 Å². The van der Waals surface area contributed by atoms with Gasteiger partial charge in [-0.15, -0.1) is 10.2 Å². The van der Waals surface area contributed by atoms with Gasteiger partial charge < -0.3 is 9.67 Å². The highest BCUT2D eigenvalue weighted by Crippen LogP contribution is 2.15. The Bertz CT molecular complexity index is 1180.